The van der Waals surface area contributed by atoms with Gasteiger partial charge in [-0.25, -0.2) is 0 Å². The molecule has 13 heavy (non-hydrogen) atoms. The average molecular weight is 177 g/mol. The summed E-state index contributed by atoms with van der Waals surface area (Å²) < 4.78 is 5.13. The molecule has 0 aromatic carbocycles. The van der Waals surface area contributed by atoms with Crippen LogP contribution >= 0.6 is 0 Å². The molecule has 0 spiro atoms. The summed E-state index contributed by atoms with van der Waals surface area (Å²) in [4.78, 5) is 10.8. The van der Waals surface area contributed by atoms with Crippen molar-refractivity contribution in [1.82, 2.24) is 10.6 Å². The molecule has 2 heterocycles. The lowest BCUT2D eigenvalue weighted by atomic mass is 10.4. The van der Waals surface area contributed by atoms with Gasteiger partial charge in [0.05, 0.1) is 6.54 Å². The monoisotopic (exact) mass is 177 g/mol. The van der Waals surface area contributed by atoms with Crippen LogP contribution in [0.25, 0.3) is 0 Å². The lowest BCUT2D eigenvalue weighted by Gasteiger charge is -2.04. The normalized spacial score (nSPS) is 21.2. The van der Waals surface area contributed by atoms with Gasteiger partial charge in [-0.1, -0.05) is 0 Å². The molecule has 1 fully saturated rings. The highest BCUT2D eigenvalue weighted by Crippen LogP contribution is 2.15. The minimum absolute atomic E-state index is 0.0695. The van der Waals surface area contributed by atoms with E-state index in [1.165, 1.54) is 0 Å². The highest BCUT2D eigenvalue weighted by molar-refractivity contribution is 5.80. The lowest BCUT2D eigenvalue weighted by Crippen LogP contribution is -2.21. The first-order chi connectivity index (χ1) is 6.29. The van der Waals surface area contributed by atoms with E-state index in [1.807, 2.05) is 6.07 Å². The summed E-state index contributed by atoms with van der Waals surface area (Å²) >= 11 is 0. The van der Waals surface area contributed by atoms with E-state index in [2.05, 4.69) is 10.6 Å². The standard InChI is InChI=1S/C8H7N3O2/c9-3-5-1-2-6(13-5)8-10-4-7(12)11-8/h1-2,8,10H,4H2,(H,11,12). The third-order valence-electron chi connectivity index (χ3n) is 1.79. The number of carbonyl (C=O) groups excluding carboxylic acids is 1. The molecule has 1 saturated heterocycles. The van der Waals surface area contributed by atoms with Gasteiger partial charge in [0.1, 0.15) is 18.0 Å². The fourth-order valence-corrected chi connectivity index (χ4v) is 1.20. The van der Waals surface area contributed by atoms with Crippen LogP contribution in [0.3, 0.4) is 0 Å². The molecule has 0 aliphatic carbocycles. The minimum Gasteiger partial charge on any atom is -0.447 e. The summed E-state index contributed by atoms with van der Waals surface area (Å²) in [6.07, 6.45) is -0.297. The van der Waals surface area contributed by atoms with Crippen molar-refractivity contribution in [2.24, 2.45) is 0 Å². The third-order valence-corrected chi connectivity index (χ3v) is 1.79. The zero-order chi connectivity index (χ0) is 9.26. The fraction of sp³-hybridized carbons (Fsp3) is 0.250. The molecular weight excluding hydrogens is 170 g/mol. The number of furan rings is 1. The molecule has 5 nitrogen and oxygen atoms in total. The minimum atomic E-state index is -0.297. The summed E-state index contributed by atoms with van der Waals surface area (Å²) in [6, 6.07) is 5.11. The first kappa shape index (κ1) is 7.83. The summed E-state index contributed by atoms with van der Waals surface area (Å²) in [5, 5.41) is 14.0. The predicted molar refractivity (Wildman–Crippen MR) is 42.3 cm³/mol. The van der Waals surface area contributed by atoms with Gasteiger partial charge in [-0.3, -0.25) is 10.1 Å². The van der Waals surface area contributed by atoms with Crippen LogP contribution in [0.2, 0.25) is 0 Å². The number of carbonyl (C=O) groups is 1. The van der Waals surface area contributed by atoms with E-state index >= 15 is 0 Å². The molecule has 2 rings (SSSR count). The molecule has 0 radical (unpaired) electrons. The van der Waals surface area contributed by atoms with Gasteiger partial charge in [0.15, 0.2) is 0 Å². The highest BCUT2D eigenvalue weighted by Gasteiger charge is 2.23. The second-order valence-corrected chi connectivity index (χ2v) is 2.70. The Morgan fingerprint density at radius 3 is 3.00 bits per heavy atom. The molecule has 5 heteroatoms. The molecule has 1 amide bonds. The number of amides is 1. The Kier molecular flexibility index (Phi) is 1.76. The Balaban J connectivity index is 2.18. The van der Waals surface area contributed by atoms with Crippen molar-refractivity contribution >= 4 is 5.91 Å². The quantitative estimate of drug-likeness (QED) is 0.626. The molecule has 1 aromatic rings. The second kappa shape index (κ2) is 2.92. The molecule has 1 aliphatic rings. The molecule has 1 aliphatic heterocycles. The van der Waals surface area contributed by atoms with E-state index in [-0.39, 0.29) is 24.4 Å². The SMILES string of the molecule is N#Cc1ccc(C2NCC(=O)N2)o1. The largest absolute Gasteiger partial charge is 0.447 e. The average Bonchev–Trinajstić information content (AvgIpc) is 2.71. The van der Waals surface area contributed by atoms with Crippen LogP contribution < -0.4 is 10.6 Å². The van der Waals surface area contributed by atoms with Crippen LogP contribution in [0.15, 0.2) is 16.5 Å². The lowest BCUT2D eigenvalue weighted by molar-refractivity contribution is -0.118. The number of nitrogens with zero attached hydrogens (tertiary/aromatic N) is 1. The Bertz CT molecular complexity index is 377. The van der Waals surface area contributed by atoms with Crippen LogP contribution in [-0.4, -0.2) is 12.5 Å². The predicted octanol–water partition coefficient (Wildman–Crippen LogP) is -0.131. The van der Waals surface area contributed by atoms with Gasteiger partial charge >= 0.3 is 0 Å². The van der Waals surface area contributed by atoms with Gasteiger partial charge in [-0.2, -0.15) is 5.26 Å². The summed E-state index contributed by atoms with van der Waals surface area (Å²) in [5.41, 5.74) is 0. The Labute approximate surface area is 74.3 Å². The molecule has 0 saturated carbocycles. The van der Waals surface area contributed by atoms with Crippen molar-refractivity contribution in [2.45, 2.75) is 6.17 Å². The van der Waals surface area contributed by atoms with Crippen molar-refractivity contribution in [2.75, 3.05) is 6.54 Å². The van der Waals surface area contributed by atoms with Crippen LogP contribution in [0.1, 0.15) is 17.7 Å². The van der Waals surface area contributed by atoms with Gasteiger partial charge in [0, 0.05) is 0 Å². The van der Waals surface area contributed by atoms with Crippen LogP contribution in [0, 0.1) is 11.3 Å². The van der Waals surface area contributed by atoms with Crippen molar-refractivity contribution in [3.63, 3.8) is 0 Å². The molecule has 1 unspecified atom stereocenters. The van der Waals surface area contributed by atoms with E-state index in [0.717, 1.165) is 0 Å². The number of rotatable bonds is 1. The van der Waals surface area contributed by atoms with Crippen molar-refractivity contribution in [3.05, 3.63) is 23.7 Å². The second-order valence-electron chi connectivity index (χ2n) is 2.70. The molecule has 1 aromatic heterocycles. The van der Waals surface area contributed by atoms with E-state index in [0.29, 0.717) is 5.76 Å². The maximum Gasteiger partial charge on any atom is 0.235 e. The fourth-order valence-electron chi connectivity index (χ4n) is 1.20. The van der Waals surface area contributed by atoms with Crippen LogP contribution in [-0.2, 0) is 4.79 Å². The summed E-state index contributed by atoms with van der Waals surface area (Å²) in [5.74, 6) is 0.736. The van der Waals surface area contributed by atoms with E-state index in [1.54, 1.807) is 12.1 Å². The first-order valence-corrected chi connectivity index (χ1v) is 3.82. The molecule has 0 bridgehead atoms. The third kappa shape index (κ3) is 1.39. The van der Waals surface area contributed by atoms with E-state index in [4.69, 9.17) is 9.68 Å². The van der Waals surface area contributed by atoms with Crippen molar-refractivity contribution < 1.29 is 9.21 Å². The van der Waals surface area contributed by atoms with Crippen LogP contribution in [0.5, 0.6) is 0 Å². The smallest absolute Gasteiger partial charge is 0.235 e. The number of hydrogen-bond acceptors (Lipinski definition) is 4. The number of nitriles is 1. The molecule has 66 valence electrons. The zero-order valence-electron chi connectivity index (χ0n) is 6.70. The van der Waals surface area contributed by atoms with Gasteiger partial charge in [0.25, 0.3) is 0 Å². The Morgan fingerprint density at radius 1 is 1.62 bits per heavy atom. The van der Waals surface area contributed by atoms with Crippen molar-refractivity contribution in [1.29, 1.82) is 5.26 Å². The topological polar surface area (TPSA) is 78.1 Å². The highest BCUT2D eigenvalue weighted by atomic mass is 16.3. The number of nitrogens with one attached hydrogen (secondary N) is 2. The summed E-state index contributed by atoms with van der Waals surface area (Å²) in [7, 11) is 0. The van der Waals surface area contributed by atoms with Gasteiger partial charge in [-0.15, -0.1) is 0 Å². The maximum absolute atomic E-state index is 10.8. The van der Waals surface area contributed by atoms with Gasteiger partial charge in [0.2, 0.25) is 11.7 Å². The zero-order valence-corrected chi connectivity index (χ0v) is 6.70. The molecule has 2 N–H and O–H groups in total. The molecular formula is C8H7N3O2. The summed E-state index contributed by atoms with van der Waals surface area (Å²) in [6.45, 7) is 0.285. The molecule has 1 atom stereocenters. The van der Waals surface area contributed by atoms with Crippen molar-refractivity contribution in [3.8, 4) is 6.07 Å². The van der Waals surface area contributed by atoms with Crippen LogP contribution in [0.4, 0.5) is 0 Å². The Morgan fingerprint density at radius 2 is 2.46 bits per heavy atom. The first-order valence-electron chi connectivity index (χ1n) is 3.82. The van der Waals surface area contributed by atoms with E-state index < -0.39 is 0 Å². The van der Waals surface area contributed by atoms with Gasteiger partial charge in [-0.05, 0) is 12.1 Å². The van der Waals surface area contributed by atoms with E-state index in [9.17, 15) is 4.79 Å². The maximum atomic E-state index is 10.8. The van der Waals surface area contributed by atoms with Gasteiger partial charge < -0.3 is 9.73 Å². The number of hydrogen-bond donors (Lipinski definition) is 2. The Hall–Kier alpha value is -1.80.